The molecule has 0 spiro atoms. The summed E-state index contributed by atoms with van der Waals surface area (Å²) in [6.07, 6.45) is 3.52. The first kappa shape index (κ1) is 13.9. The highest BCUT2D eigenvalue weighted by atomic mass is 15.3. The minimum atomic E-state index is 0.934. The molecule has 2 aromatic heterocycles. The maximum absolute atomic E-state index is 4.49. The molecule has 0 amide bonds. The van der Waals surface area contributed by atoms with Gasteiger partial charge in [-0.25, -0.2) is 9.97 Å². The lowest BCUT2D eigenvalue weighted by molar-refractivity contribution is 0.246. The third-order valence-electron chi connectivity index (χ3n) is 3.98. The quantitative estimate of drug-likeness (QED) is 0.859. The topological polar surface area (TPSA) is 45.2 Å². The molecule has 1 saturated heterocycles. The molecule has 0 unspecified atom stereocenters. The van der Waals surface area contributed by atoms with Crippen LogP contribution in [-0.4, -0.2) is 46.0 Å². The Bertz CT molecular complexity index is 605. The number of piperazine rings is 1. The van der Waals surface area contributed by atoms with Gasteiger partial charge in [0.05, 0.1) is 5.69 Å². The summed E-state index contributed by atoms with van der Waals surface area (Å²) < 4.78 is 0. The number of pyridine rings is 1. The van der Waals surface area contributed by atoms with Crippen molar-refractivity contribution in [1.82, 2.24) is 19.9 Å². The Balaban J connectivity index is 1.59. The monoisotopic (exact) mass is 283 g/mol. The van der Waals surface area contributed by atoms with Crippen LogP contribution in [0.2, 0.25) is 0 Å². The summed E-state index contributed by atoms with van der Waals surface area (Å²) in [4.78, 5) is 17.8. The molecule has 3 rings (SSSR count). The molecule has 1 aliphatic rings. The smallest absolute Gasteiger partial charge is 0.132 e. The van der Waals surface area contributed by atoms with Gasteiger partial charge in [0, 0.05) is 50.7 Å². The molecular weight excluding hydrogens is 262 g/mol. The Morgan fingerprint density at radius 2 is 1.86 bits per heavy atom. The van der Waals surface area contributed by atoms with Gasteiger partial charge < -0.3 is 4.90 Å². The van der Waals surface area contributed by atoms with Gasteiger partial charge in [0.15, 0.2) is 0 Å². The number of hydrogen-bond donors (Lipinski definition) is 0. The fourth-order valence-electron chi connectivity index (χ4n) is 2.64. The van der Waals surface area contributed by atoms with Crippen LogP contribution in [0.3, 0.4) is 0 Å². The molecule has 5 nitrogen and oxygen atoms in total. The summed E-state index contributed by atoms with van der Waals surface area (Å²) in [6, 6.07) is 6.18. The molecule has 0 saturated carbocycles. The molecular formula is C16H21N5. The first-order valence-corrected chi connectivity index (χ1v) is 7.39. The van der Waals surface area contributed by atoms with E-state index in [1.807, 2.05) is 19.2 Å². The third kappa shape index (κ3) is 3.36. The van der Waals surface area contributed by atoms with E-state index in [9.17, 15) is 0 Å². The summed E-state index contributed by atoms with van der Waals surface area (Å²) in [6.45, 7) is 9.15. The van der Waals surface area contributed by atoms with Crippen LogP contribution in [0.15, 0.2) is 30.7 Å². The Hall–Kier alpha value is -2.01. The minimum absolute atomic E-state index is 0.934. The van der Waals surface area contributed by atoms with Gasteiger partial charge in [-0.1, -0.05) is 6.07 Å². The molecule has 1 fully saturated rings. The Morgan fingerprint density at radius 1 is 1.05 bits per heavy atom. The van der Waals surface area contributed by atoms with Crippen molar-refractivity contribution in [3.63, 3.8) is 0 Å². The summed E-state index contributed by atoms with van der Waals surface area (Å²) in [7, 11) is 0. The molecule has 0 radical (unpaired) electrons. The molecule has 0 N–H and O–H groups in total. The number of aromatic nitrogens is 3. The van der Waals surface area contributed by atoms with Gasteiger partial charge in [-0.15, -0.1) is 0 Å². The van der Waals surface area contributed by atoms with E-state index < -0.39 is 0 Å². The maximum Gasteiger partial charge on any atom is 0.132 e. The predicted molar refractivity (Wildman–Crippen MR) is 83.2 cm³/mol. The average molecular weight is 283 g/mol. The van der Waals surface area contributed by atoms with Gasteiger partial charge in [-0.2, -0.15) is 0 Å². The van der Waals surface area contributed by atoms with Crippen LogP contribution < -0.4 is 4.90 Å². The van der Waals surface area contributed by atoms with E-state index in [0.717, 1.165) is 44.2 Å². The molecule has 5 heteroatoms. The van der Waals surface area contributed by atoms with Gasteiger partial charge in [-0.05, 0) is 25.5 Å². The minimum Gasteiger partial charge on any atom is -0.354 e. The van der Waals surface area contributed by atoms with Crippen molar-refractivity contribution in [1.29, 1.82) is 0 Å². The Labute approximate surface area is 125 Å². The van der Waals surface area contributed by atoms with Crippen molar-refractivity contribution in [3.8, 4) is 0 Å². The van der Waals surface area contributed by atoms with Crippen molar-refractivity contribution >= 4 is 5.82 Å². The Morgan fingerprint density at radius 3 is 2.57 bits per heavy atom. The molecule has 0 atom stereocenters. The second-order valence-corrected chi connectivity index (χ2v) is 5.55. The second kappa shape index (κ2) is 6.18. The normalized spacial score (nSPS) is 16.2. The van der Waals surface area contributed by atoms with Crippen LogP contribution in [0, 0.1) is 13.8 Å². The molecule has 0 aliphatic carbocycles. The molecule has 1 aliphatic heterocycles. The van der Waals surface area contributed by atoms with Crippen molar-refractivity contribution in [2.75, 3.05) is 31.1 Å². The summed E-state index contributed by atoms with van der Waals surface area (Å²) in [5, 5.41) is 0. The van der Waals surface area contributed by atoms with Crippen molar-refractivity contribution < 1.29 is 0 Å². The summed E-state index contributed by atoms with van der Waals surface area (Å²) in [5.74, 6) is 1.04. The highest BCUT2D eigenvalue weighted by molar-refractivity contribution is 5.39. The van der Waals surface area contributed by atoms with Gasteiger partial charge >= 0.3 is 0 Å². The zero-order valence-corrected chi connectivity index (χ0v) is 12.7. The van der Waals surface area contributed by atoms with Gasteiger partial charge in [0.2, 0.25) is 0 Å². The van der Waals surface area contributed by atoms with Crippen LogP contribution in [0.5, 0.6) is 0 Å². The first-order chi connectivity index (χ1) is 10.2. The van der Waals surface area contributed by atoms with E-state index in [2.05, 4.69) is 43.8 Å². The van der Waals surface area contributed by atoms with Crippen LogP contribution in [-0.2, 0) is 6.54 Å². The fourth-order valence-corrected chi connectivity index (χ4v) is 2.64. The van der Waals surface area contributed by atoms with E-state index in [4.69, 9.17) is 0 Å². The van der Waals surface area contributed by atoms with E-state index in [1.54, 1.807) is 6.33 Å². The van der Waals surface area contributed by atoms with E-state index in [1.165, 1.54) is 11.3 Å². The predicted octanol–water partition coefficient (Wildman–Crippen LogP) is 1.81. The number of rotatable bonds is 3. The summed E-state index contributed by atoms with van der Waals surface area (Å²) >= 11 is 0. The van der Waals surface area contributed by atoms with Crippen LogP contribution in [0.4, 0.5) is 5.82 Å². The highest BCUT2D eigenvalue weighted by Crippen LogP contribution is 2.15. The number of anilines is 1. The standard InChI is InChI=1S/C16H21N5/c1-13-4-3-5-17-15(13)11-20-6-8-21(9-7-20)16-10-14(2)18-12-19-16/h3-5,10,12H,6-9,11H2,1-2H3. The molecule has 110 valence electrons. The van der Waals surface area contributed by atoms with E-state index in [0.29, 0.717) is 0 Å². The van der Waals surface area contributed by atoms with Crippen molar-refractivity contribution in [2.24, 2.45) is 0 Å². The molecule has 0 bridgehead atoms. The Kier molecular flexibility index (Phi) is 4.10. The summed E-state index contributed by atoms with van der Waals surface area (Å²) in [5.41, 5.74) is 3.47. The zero-order chi connectivity index (χ0) is 14.7. The van der Waals surface area contributed by atoms with E-state index in [-0.39, 0.29) is 0 Å². The molecule has 21 heavy (non-hydrogen) atoms. The highest BCUT2D eigenvalue weighted by Gasteiger charge is 2.19. The second-order valence-electron chi connectivity index (χ2n) is 5.55. The lowest BCUT2D eigenvalue weighted by Gasteiger charge is -2.35. The van der Waals surface area contributed by atoms with Crippen molar-refractivity contribution in [2.45, 2.75) is 20.4 Å². The third-order valence-corrected chi connectivity index (χ3v) is 3.98. The van der Waals surface area contributed by atoms with Crippen LogP contribution in [0.1, 0.15) is 17.0 Å². The van der Waals surface area contributed by atoms with Gasteiger partial charge in [0.1, 0.15) is 12.1 Å². The first-order valence-electron chi connectivity index (χ1n) is 7.39. The molecule has 3 heterocycles. The molecule has 2 aromatic rings. The van der Waals surface area contributed by atoms with Gasteiger partial charge in [0.25, 0.3) is 0 Å². The fraction of sp³-hybridized carbons (Fsp3) is 0.438. The van der Waals surface area contributed by atoms with Crippen LogP contribution >= 0.6 is 0 Å². The van der Waals surface area contributed by atoms with Gasteiger partial charge in [-0.3, -0.25) is 9.88 Å². The zero-order valence-electron chi connectivity index (χ0n) is 12.7. The largest absolute Gasteiger partial charge is 0.354 e. The average Bonchev–Trinajstić information content (AvgIpc) is 2.50. The number of hydrogen-bond acceptors (Lipinski definition) is 5. The molecule has 0 aromatic carbocycles. The lowest BCUT2D eigenvalue weighted by atomic mass is 10.2. The number of nitrogens with zero attached hydrogens (tertiary/aromatic N) is 5. The maximum atomic E-state index is 4.49. The SMILES string of the molecule is Cc1cc(N2CCN(Cc3ncccc3C)CC2)ncn1. The number of aryl methyl sites for hydroxylation is 2. The van der Waals surface area contributed by atoms with Crippen LogP contribution in [0.25, 0.3) is 0 Å². The van der Waals surface area contributed by atoms with Crippen molar-refractivity contribution in [3.05, 3.63) is 47.7 Å². The lowest BCUT2D eigenvalue weighted by Crippen LogP contribution is -2.46. The van der Waals surface area contributed by atoms with E-state index >= 15 is 0 Å².